The second-order valence-electron chi connectivity index (χ2n) is 8.61. The van der Waals surface area contributed by atoms with Crippen LogP contribution in [-0.2, 0) is 10.2 Å². The highest BCUT2D eigenvalue weighted by Crippen LogP contribution is 2.40. The van der Waals surface area contributed by atoms with Gasteiger partial charge in [0, 0.05) is 0 Å². The Morgan fingerprint density at radius 3 is 1.56 bits per heavy atom. The molecule has 2 nitrogen and oxygen atoms in total. The third kappa shape index (κ3) is 3.78. The molecule has 0 aliphatic heterocycles. The minimum atomic E-state index is -0.984. The van der Waals surface area contributed by atoms with Crippen molar-refractivity contribution < 1.29 is 4.79 Å². The van der Waals surface area contributed by atoms with Crippen LogP contribution in [0.5, 0.6) is 0 Å². The molecule has 5 rings (SSSR count). The van der Waals surface area contributed by atoms with Gasteiger partial charge in [-0.25, -0.2) is 0 Å². The van der Waals surface area contributed by atoms with Crippen molar-refractivity contribution in [1.29, 1.82) is 0 Å². The maximum atomic E-state index is 14.5. The van der Waals surface area contributed by atoms with Gasteiger partial charge in [0.2, 0.25) is 5.91 Å². The number of carbonyl (C=O) groups is 1. The number of rotatable bonds is 6. The molecule has 1 atom stereocenters. The Bertz CT molecular complexity index is 1290. The number of benzene rings is 5. The summed E-state index contributed by atoms with van der Waals surface area (Å²) in [5.41, 5.74) is 2.94. The van der Waals surface area contributed by atoms with Gasteiger partial charge in [0.25, 0.3) is 0 Å². The number of amides is 1. The van der Waals surface area contributed by atoms with E-state index in [2.05, 4.69) is 42.6 Å². The second kappa shape index (κ2) is 9.36. The molecule has 0 saturated heterocycles. The van der Waals surface area contributed by atoms with Crippen molar-refractivity contribution in [3.05, 3.63) is 156 Å². The first-order chi connectivity index (χ1) is 16.7. The lowest BCUT2D eigenvalue weighted by molar-refractivity contribution is -0.124. The second-order valence-corrected chi connectivity index (χ2v) is 8.61. The van der Waals surface area contributed by atoms with Gasteiger partial charge in [-0.2, -0.15) is 0 Å². The molecule has 5 aromatic carbocycles. The van der Waals surface area contributed by atoms with Gasteiger partial charge in [0.15, 0.2) is 0 Å². The zero-order valence-corrected chi connectivity index (χ0v) is 19.2. The predicted molar refractivity (Wildman–Crippen MR) is 140 cm³/mol. The van der Waals surface area contributed by atoms with Gasteiger partial charge in [0.05, 0.1) is 6.04 Å². The van der Waals surface area contributed by atoms with E-state index in [0.717, 1.165) is 27.6 Å². The van der Waals surface area contributed by atoms with E-state index >= 15 is 0 Å². The van der Waals surface area contributed by atoms with Gasteiger partial charge in [-0.05, 0) is 39.9 Å². The summed E-state index contributed by atoms with van der Waals surface area (Å²) in [4.78, 5) is 14.5. The third-order valence-electron chi connectivity index (χ3n) is 6.60. The minimum absolute atomic E-state index is 0.0449. The van der Waals surface area contributed by atoms with E-state index in [9.17, 15) is 4.79 Å². The summed E-state index contributed by atoms with van der Waals surface area (Å²) >= 11 is 0. The molecule has 0 aliphatic rings. The molecule has 166 valence electrons. The highest BCUT2D eigenvalue weighted by molar-refractivity contribution is 5.97. The summed E-state index contributed by atoms with van der Waals surface area (Å²) in [6, 6.07) is 44.6. The number of carbonyl (C=O) groups excluding carboxylic acids is 1. The van der Waals surface area contributed by atoms with Crippen LogP contribution in [0.3, 0.4) is 0 Å². The molecule has 1 N–H and O–H groups in total. The monoisotopic (exact) mass is 441 g/mol. The Kier molecular flexibility index (Phi) is 5.97. The maximum absolute atomic E-state index is 14.5. The van der Waals surface area contributed by atoms with Crippen LogP contribution < -0.4 is 5.32 Å². The van der Waals surface area contributed by atoms with E-state index in [1.807, 2.05) is 103 Å². The molecule has 0 heterocycles. The van der Waals surface area contributed by atoms with Gasteiger partial charge in [-0.1, -0.05) is 133 Å². The summed E-state index contributed by atoms with van der Waals surface area (Å²) in [6.45, 7) is 2.06. The quantitative estimate of drug-likeness (QED) is 0.281. The van der Waals surface area contributed by atoms with Crippen LogP contribution in [0.15, 0.2) is 133 Å². The van der Waals surface area contributed by atoms with Gasteiger partial charge in [-0.15, -0.1) is 0 Å². The van der Waals surface area contributed by atoms with Crippen LogP contribution in [0.25, 0.3) is 10.8 Å². The van der Waals surface area contributed by atoms with Gasteiger partial charge in [-0.3, -0.25) is 4.79 Å². The van der Waals surface area contributed by atoms with Crippen molar-refractivity contribution in [2.24, 2.45) is 0 Å². The zero-order valence-electron chi connectivity index (χ0n) is 19.2. The van der Waals surface area contributed by atoms with Crippen molar-refractivity contribution in [1.82, 2.24) is 5.32 Å². The molecule has 0 fully saturated rings. The fourth-order valence-electron chi connectivity index (χ4n) is 4.97. The Hall–Kier alpha value is -4.17. The third-order valence-corrected chi connectivity index (χ3v) is 6.60. The van der Waals surface area contributed by atoms with Crippen molar-refractivity contribution in [3.8, 4) is 0 Å². The summed E-state index contributed by atoms with van der Waals surface area (Å²) in [7, 11) is 0. The molecule has 0 saturated carbocycles. The van der Waals surface area contributed by atoms with E-state index in [0.29, 0.717) is 0 Å². The number of hydrogen-bond donors (Lipinski definition) is 1. The van der Waals surface area contributed by atoms with Gasteiger partial charge in [0.1, 0.15) is 5.41 Å². The molecule has 34 heavy (non-hydrogen) atoms. The van der Waals surface area contributed by atoms with Crippen molar-refractivity contribution in [2.75, 3.05) is 0 Å². The zero-order chi connectivity index (χ0) is 23.4. The maximum Gasteiger partial charge on any atom is 0.240 e. The molecule has 5 aromatic rings. The standard InChI is InChI=1S/C32H27NO/c1-24(29-23-13-15-25-14-11-12-22-30(25)29)33-31(34)32(26-16-5-2-6-17-26,27-18-7-3-8-19-27)28-20-9-4-10-21-28/h2-24H,1H3,(H,33,34)/t24-/m0/s1. The van der Waals surface area contributed by atoms with Crippen LogP contribution in [0.2, 0.25) is 0 Å². The lowest BCUT2D eigenvalue weighted by Crippen LogP contribution is -2.47. The number of fused-ring (bicyclic) bond motifs is 1. The topological polar surface area (TPSA) is 29.1 Å². The summed E-state index contributed by atoms with van der Waals surface area (Å²) in [6.07, 6.45) is 0. The number of nitrogens with one attached hydrogen (secondary N) is 1. The van der Waals surface area contributed by atoms with Crippen LogP contribution in [0, 0.1) is 0 Å². The summed E-state index contributed by atoms with van der Waals surface area (Å²) in [5.74, 6) is -0.0449. The average Bonchev–Trinajstić information content (AvgIpc) is 2.90. The fraction of sp³-hybridized carbons (Fsp3) is 0.0938. The van der Waals surface area contributed by atoms with Crippen LogP contribution >= 0.6 is 0 Å². The Labute approximate surface area is 200 Å². The average molecular weight is 442 g/mol. The molecule has 0 unspecified atom stereocenters. The van der Waals surface area contributed by atoms with Gasteiger partial charge >= 0.3 is 0 Å². The van der Waals surface area contributed by atoms with E-state index < -0.39 is 5.41 Å². The largest absolute Gasteiger partial charge is 0.348 e. The molecular formula is C32H27NO. The lowest BCUT2D eigenvalue weighted by Gasteiger charge is -2.35. The Balaban J connectivity index is 1.67. The molecule has 1 amide bonds. The first-order valence-corrected chi connectivity index (χ1v) is 11.7. The molecular weight excluding hydrogens is 414 g/mol. The molecule has 0 radical (unpaired) electrons. The fourth-order valence-corrected chi connectivity index (χ4v) is 4.97. The molecule has 0 aromatic heterocycles. The van der Waals surface area contributed by atoms with E-state index in [-0.39, 0.29) is 11.9 Å². The van der Waals surface area contributed by atoms with Crippen molar-refractivity contribution in [2.45, 2.75) is 18.4 Å². The molecule has 2 heteroatoms. The minimum Gasteiger partial charge on any atom is -0.348 e. The Morgan fingerprint density at radius 2 is 1.03 bits per heavy atom. The van der Waals surface area contributed by atoms with E-state index in [4.69, 9.17) is 0 Å². The van der Waals surface area contributed by atoms with E-state index in [1.54, 1.807) is 0 Å². The summed E-state index contributed by atoms with van der Waals surface area (Å²) in [5, 5.41) is 5.71. The first kappa shape index (κ1) is 21.7. The molecule has 0 bridgehead atoms. The van der Waals surface area contributed by atoms with Crippen molar-refractivity contribution >= 4 is 16.7 Å². The van der Waals surface area contributed by atoms with Crippen LogP contribution in [0.4, 0.5) is 0 Å². The van der Waals surface area contributed by atoms with Crippen LogP contribution in [0.1, 0.15) is 35.2 Å². The highest BCUT2D eigenvalue weighted by atomic mass is 16.2. The SMILES string of the molecule is C[C@H](NC(=O)C(c1ccccc1)(c1ccccc1)c1ccccc1)c1cccc2ccccc12. The summed E-state index contributed by atoms with van der Waals surface area (Å²) < 4.78 is 0. The lowest BCUT2D eigenvalue weighted by atomic mass is 9.68. The van der Waals surface area contributed by atoms with E-state index in [1.165, 1.54) is 5.39 Å². The smallest absolute Gasteiger partial charge is 0.240 e. The number of hydrogen-bond acceptors (Lipinski definition) is 1. The normalized spacial score (nSPS) is 12.3. The van der Waals surface area contributed by atoms with Crippen LogP contribution in [-0.4, -0.2) is 5.91 Å². The highest BCUT2D eigenvalue weighted by Gasteiger charge is 2.44. The molecule has 0 spiro atoms. The predicted octanol–water partition coefficient (Wildman–Crippen LogP) is 7.05. The van der Waals surface area contributed by atoms with Crippen molar-refractivity contribution in [3.63, 3.8) is 0 Å². The van der Waals surface area contributed by atoms with Gasteiger partial charge < -0.3 is 5.32 Å². The Morgan fingerprint density at radius 1 is 0.588 bits per heavy atom. The first-order valence-electron chi connectivity index (χ1n) is 11.7. The molecule has 0 aliphatic carbocycles.